The number of hydrogen-bond acceptors (Lipinski definition) is 1. The van der Waals surface area contributed by atoms with Gasteiger partial charge in [0.15, 0.2) is 6.61 Å². The molecule has 0 aliphatic rings. The first kappa shape index (κ1) is 10.7. The number of halogens is 1. The first-order valence-electron chi connectivity index (χ1n) is 5.07. The lowest BCUT2D eigenvalue weighted by Crippen LogP contribution is -1.93. The maximum absolute atomic E-state index is 13.0. The second-order valence-electron chi connectivity index (χ2n) is 3.56. The quantitative estimate of drug-likeness (QED) is 0.758. The number of rotatable bonds is 3. The Morgan fingerprint density at radius 3 is 2.50 bits per heavy atom. The van der Waals surface area contributed by atoms with Crippen LogP contribution in [0.1, 0.15) is 11.1 Å². The van der Waals surface area contributed by atoms with Crippen molar-refractivity contribution in [3.8, 4) is 5.75 Å². The summed E-state index contributed by atoms with van der Waals surface area (Å²) in [4.78, 5) is 0. The fourth-order valence-corrected chi connectivity index (χ4v) is 1.36. The van der Waals surface area contributed by atoms with Crippen molar-refractivity contribution in [2.75, 3.05) is 0 Å². The second-order valence-corrected chi connectivity index (χ2v) is 3.56. The normalized spacial score (nSPS) is 10.1. The molecular formula is C14H12FO. The molecule has 0 unspecified atom stereocenters. The number of hydrogen-bond donors (Lipinski definition) is 0. The maximum atomic E-state index is 13.0. The molecule has 0 saturated heterocycles. The molecule has 2 rings (SSSR count). The van der Waals surface area contributed by atoms with Crippen LogP contribution in [-0.2, 0) is 0 Å². The van der Waals surface area contributed by atoms with E-state index in [-0.39, 0.29) is 5.82 Å². The second kappa shape index (κ2) is 4.79. The van der Waals surface area contributed by atoms with Crippen LogP contribution in [0, 0.1) is 19.3 Å². The summed E-state index contributed by atoms with van der Waals surface area (Å²) in [6, 6.07) is 14.4. The molecule has 0 aromatic heterocycles. The zero-order valence-corrected chi connectivity index (χ0v) is 8.98. The number of aryl methyl sites for hydroxylation is 1. The lowest BCUT2D eigenvalue weighted by Gasteiger charge is -2.06. The highest BCUT2D eigenvalue weighted by atomic mass is 19.1. The summed E-state index contributed by atoms with van der Waals surface area (Å²) < 4.78 is 18.4. The van der Waals surface area contributed by atoms with Crippen LogP contribution in [0.2, 0.25) is 0 Å². The molecular weight excluding hydrogens is 203 g/mol. The standard InChI is InChI=1S/C14H12FO/c1-11-9-13(7-8-14(11)15)16-10-12-5-3-2-4-6-12/h2-10H,1H3. The molecule has 0 bridgehead atoms. The Hall–Kier alpha value is -1.83. The molecule has 0 amide bonds. The molecule has 16 heavy (non-hydrogen) atoms. The topological polar surface area (TPSA) is 9.23 Å². The van der Waals surface area contributed by atoms with E-state index in [1.807, 2.05) is 30.3 Å². The molecule has 0 fully saturated rings. The minimum Gasteiger partial charge on any atom is -0.481 e. The molecule has 0 saturated carbocycles. The molecule has 0 atom stereocenters. The van der Waals surface area contributed by atoms with E-state index in [9.17, 15) is 4.39 Å². The summed E-state index contributed by atoms with van der Waals surface area (Å²) in [5, 5.41) is 0. The van der Waals surface area contributed by atoms with Gasteiger partial charge in [-0.05, 0) is 36.2 Å². The zero-order chi connectivity index (χ0) is 11.4. The first-order chi connectivity index (χ1) is 7.75. The van der Waals surface area contributed by atoms with Crippen molar-refractivity contribution in [2.24, 2.45) is 0 Å². The van der Waals surface area contributed by atoms with Crippen molar-refractivity contribution in [3.63, 3.8) is 0 Å². The largest absolute Gasteiger partial charge is 0.481 e. The molecule has 0 N–H and O–H groups in total. The Morgan fingerprint density at radius 2 is 1.81 bits per heavy atom. The van der Waals surface area contributed by atoms with Gasteiger partial charge in [0, 0.05) is 0 Å². The summed E-state index contributed by atoms with van der Waals surface area (Å²) in [5.74, 6) is 0.426. The van der Waals surface area contributed by atoms with E-state index in [2.05, 4.69) is 0 Å². The minimum absolute atomic E-state index is 0.216. The zero-order valence-electron chi connectivity index (χ0n) is 8.98. The van der Waals surface area contributed by atoms with E-state index in [0.29, 0.717) is 11.3 Å². The third-order valence-electron chi connectivity index (χ3n) is 2.26. The van der Waals surface area contributed by atoms with Gasteiger partial charge in [-0.1, -0.05) is 30.3 Å². The predicted molar refractivity (Wildman–Crippen MR) is 61.6 cm³/mol. The fourth-order valence-electron chi connectivity index (χ4n) is 1.36. The summed E-state index contributed by atoms with van der Waals surface area (Å²) in [6.07, 6.45) is 0. The molecule has 1 radical (unpaired) electrons. The molecule has 2 aromatic carbocycles. The lowest BCUT2D eigenvalue weighted by molar-refractivity contribution is 0.427. The molecule has 2 heteroatoms. The van der Waals surface area contributed by atoms with Gasteiger partial charge in [0.2, 0.25) is 0 Å². The Labute approximate surface area is 94.5 Å². The highest BCUT2D eigenvalue weighted by molar-refractivity contribution is 5.30. The van der Waals surface area contributed by atoms with Crippen LogP contribution < -0.4 is 4.74 Å². The molecule has 2 aromatic rings. The number of benzene rings is 2. The first-order valence-corrected chi connectivity index (χ1v) is 5.07. The fraction of sp³-hybridized carbons (Fsp3) is 0.0714. The summed E-state index contributed by atoms with van der Waals surface area (Å²) in [7, 11) is 0. The van der Waals surface area contributed by atoms with Gasteiger partial charge in [-0.15, -0.1) is 0 Å². The molecule has 81 valence electrons. The SMILES string of the molecule is Cc1cc(O[CH]c2ccccc2)ccc1F. The van der Waals surface area contributed by atoms with Crippen LogP contribution in [-0.4, -0.2) is 0 Å². The van der Waals surface area contributed by atoms with E-state index in [1.165, 1.54) is 6.07 Å². The third kappa shape index (κ3) is 2.60. The molecule has 0 spiro atoms. The van der Waals surface area contributed by atoms with E-state index in [0.717, 1.165) is 5.56 Å². The molecule has 0 aliphatic heterocycles. The van der Waals surface area contributed by atoms with Crippen LogP contribution in [0.15, 0.2) is 48.5 Å². The van der Waals surface area contributed by atoms with Crippen molar-refractivity contribution in [3.05, 3.63) is 72.1 Å². The molecule has 0 aliphatic carbocycles. The van der Waals surface area contributed by atoms with Gasteiger partial charge in [-0.25, -0.2) is 4.39 Å². The maximum Gasteiger partial charge on any atom is 0.165 e. The van der Waals surface area contributed by atoms with Crippen molar-refractivity contribution in [1.29, 1.82) is 0 Å². The van der Waals surface area contributed by atoms with Crippen LogP contribution in [0.5, 0.6) is 5.75 Å². The van der Waals surface area contributed by atoms with Crippen molar-refractivity contribution < 1.29 is 9.13 Å². The van der Waals surface area contributed by atoms with Gasteiger partial charge in [-0.2, -0.15) is 0 Å². The van der Waals surface area contributed by atoms with Gasteiger partial charge >= 0.3 is 0 Å². The van der Waals surface area contributed by atoms with E-state index in [4.69, 9.17) is 4.74 Å². The van der Waals surface area contributed by atoms with Crippen molar-refractivity contribution >= 4 is 0 Å². The average molecular weight is 215 g/mol. The Morgan fingerprint density at radius 1 is 1.06 bits per heavy atom. The van der Waals surface area contributed by atoms with Crippen LogP contribution in [0.25, 0.3) is 0 Å². The third-order valence-corrected chi connectivity index (χ3v) is 2.26. The Balaban J connectivity index is 2.03. The summed E-state index contributed by atoms with van der Waals surface area (Å²) >= 11 is 0. The summed E-state index contributed by atoms with van der Waals surface area (Å²) in [6.45, 7) is 3.36. The monoisotopic (exact) mass is 215 g/mol. The van der Waals surface area contributed by atoms with E-state index >= 15 is 0 Å². The smallest absolute Gasteiger partial charge is 0.165 e. The van der Waals surface area contributed by atoms with Crippen LogP contribution in [0.3, 0.4) is 0 Å². The van der Waals surface area contributed by atoms with E-state index in [1.54, 1.807) is 25.7 Å². The van der Waals surface area contributed by atoms with Gasteiger partial charge < -0.3 is 4.74 Å². The highest BCUT2D eigenvalue weighted by Gasteiger charge is 2.00. The minimum atomic E-state index is -0.216. The summed E-state index contributed by atoms with van der Waals surface area (Å²) in [5.41, 5.74) is 1.56. The predicted octanol–water partition coefficient (Wildman–Crippen LogP) is 3.72. The van der Waals surface area contributed by atoms with Gasteiger partial charge in [0.05, 0.1) is 0 Å². The Bertz CT molecular complexity index is 465. The number of ether oxygens (including phenoxy) is 1. The van der Waals surface area contributed by atoms with Crippen molar-refractivity contribution in [1.82, 2.24) is 0 Å². The lowest BCUT2D eigenvalue weighted by atomic mass is 10.2. The highest BCUT2D eigenvalue weighted by Crippen LogP contribution is 2.17. The van der Waals surface area contributed by atoms with Gasteiger partial charge in [-0.3, -0.25) is 0 Å². The average Bonchev–Trinajstić information content (AvgIpc) is 2.32. The van der Waals surface area contributed by atoms with Crippen molar-refractivity contribution in [2.45, 2.75) is 6.92 Å². The van der Waals surface area contributed by atoms with Gasteiger partial charge in [0.25, 0.3) is 0 Å². The molecule has 1 nitrogen and oxygen atoms in total. The van der Waals surface area contributed by atoms with Crippen LogP contribution in [0.4, 0.5) is 4.39 Å². The van der Waals surface area contributed by atoms with E-state index < -0.39 is 0 Å². The Kier molecular flexibility index (Phi) is 3.20. The molecule has 0 heterocycles. The van der Waals surface area contributed by atoms with Crippen LogP contribution >= 0.6 is 0 Å². The van der Waals surface area contributed by atoms with Gasteiger partial charge in [0.1, 0.15) is 11.6 Å².